The molecule has 0 spiro atoms. The molecule has 1 fully saturated rings. The van der Waals surface area contributed by atoms with E-state index in [2.05, 4.69) is 24.9 Å². The van der Waals surface area contributed by atoms with Gasteiger partial charge in [0.1, 0.15) is 10.8 Å². The first kappa shape index (κ1) is 9.77. The minimum absolute atomic E-state index is 0.603. The molecule has 6 heteroatoms. The average Bonchev–Trinajstić information content (AvgIpc) is 2.91. The molecule has 5 nitrogen and oxygen atoms in total. The fourth-order valence-corrected chi connectivity index (χ4v) is 2.47. The smallest absolute Gasteiger partial charge is 0.186 e. The predicted molar refractivity (Wildman–Crippen MR) is 63.7 cm³/mol. The van der Waals surface area contributed by atoms with E-state index >= 15 is 0 Å². The number of H-pyrrole nitrogens is 1. The zero-order chi connectivity index (χ0) is 11.1. The lowest BCUT2D eigenvalue weighted by molar-refractivity contribution is 0.935. The number of aromatic amines is 1. The normalized spacial score (nSPS) is 15.4. The van der Waals surface area contributed by atoms with E-state index in [1.54, 1.807) is 0 Å². The third-order valence-electron chi connectivity index (χ3n) is 2.78. The Morgan fingerprint density at radius 2 is 2.25 bits per heavy atom. The summed E-state index contributed by atoms with van der Waals surface area (Å²) in [4.78, 5) is 4.54. The molecule has 16 heavy (non-hydrogen) atoms. The Kier molecular flexibility index (Phi) is 2.17. The molecule has 0 aliphatic heterocycles. The van der Waals surface area contributed by atoms with Crippen LogP contribution < -0.4 is 5.32 Å². The van der Waals surface area contributed by atoms with Crippen molar-refractivity contribution in [2.45, 2.75) is 25.7 Å². The maximum absolute atomic E-state index is 4.54. The van der Waals surface area contributed by atoms with Crippen molar-refractivity contribution in [2.75, 3.05) is 12.4 Å². The quantitative estimate of drug-likeness (QED) is 0.855. The van der Waals surface area contributed by atoms with Crippen molar-refractivity contribution in [1.82, 2.24) is 19.6 Å². The highest BCUT2D eigenvalue weighted by Gasteiger charge is 2.28. The number of aromatic nitrogens is 4. The number of aryl methyl sites for hydroxylation is 1. The van der Waals surface area contributed by atoms with Gasteiger partial charge in [-0.2, -0.15) is 9.47 Å². The highest BCUT2D eigenvalue weighted by molar-refractivity contribution is 7.10. The second kappa shape index (κ2) is 3.55. The molecule has 3 rings (SSSR count). The third kappa shape index (κ3) is 1.49. The van der Waals surface area contributed by atoms with Crippen molar-refractivity contribution in [2.24, 2.45) is 0 Å². The lowest BCUT2D eigenvalue weighted by Gasteiger charge is -1.97. The van der Waals surface area contributed by atoms with Crippen molar-refractivity contribution < 1.29 is 0 Å². The number of hydrogen-bond donors (Lipinski definition) is 2. The van der Waals surface area contributed by atoms with Crippen LogP contribution in [-0.4, -0.2) is 26.6 Å². The van der Waals surface area contributed by atoms with Gasteiger partial charge in [-0.1, -0.05) is 0 Å². The Morgan fingerprint density at radius 3 is 2.94 bits per heavy atom. The van der Waals surface area contributed by atoms with Crippen molar-refractivity contribution in [3.05, 3.63) is 11.5 Å². The summed E-state index contributed by atoms with van der Waals surface area (Å²) in [6.07, 6.45) is 2.46. The van der Waals surface area contributed by atoms with E-state index in [9.17, 15) is 0 Å². The second-order valence-corrected chi connectivity index (χ2v) is 4.81. The number of hydrogen-bond acceptors (Lipinski definition) is 5. The lowest BCUT2D eigenvalue weighted by Crippen LogP contribution is -1.90. The lowest BCUT2D eigenvalue weighted by atomic mass is 10.2. The standard InChI is InChI=1S/C10H13N5S/c1-5-7(10(11-2)16-15-5)9-12-8(13-14-9)6-3-4-6/h6,11H,3-4H2,1-2H3,(H,12,13,14). The summed E-state index contributed by atoms with van der Waals surface area (Å²) in [5.74, 6) is 2.38. The van der Waals surface area contributed by atoms with Crippen molar-refractivity contribution in [3.8, 4) is 11.4 Å². The highest BCUT2D eigenvalue weighted by atomic mass is 32.1. The number of nitrogens with zero attached hydrogens (tertiary/aromatic N) is 3. The van der Waals surface area contributed by atoms with Crippen LogP contribution in [0, 0.1) is 6.92 Å². The van der Waals surface area contributed by atoms with E-state index in [4.69, 9.17) is 0 Å². The molecule has 2 heterocycles. The van der Waals surface area contributed by atoms with Crippen LogP contribution in [0.3, 0.4) is 0 Å². The summed E-state index contributed by atoms with van der Waals surface area (Å²) in [7, 11) is 1.89. The molecule has 0 aromatic carbocycles. The van der Waals surface area contributed by atoms with Crippen LogP contribution in [-0.2, 0) is 0 Å². The topological polar surface area (TPSA) is 66.5 Å². The molecule has 2 aromatic rings. The van der Waals surface area contributed by atoms with Gasteiger partial charge in [0.25, 0.3) is 0 Å². The summed E-state index contributed by atoms with van der Waals surface area (Å²) in [5, 5.41) is 11.5. The van der Waals surface area contributed by atoms with Crippen LogP contribution in [0.25, 0.3) is 11.4 Å². The van der Waals surface area contributed by atoms with Gasteiger partial charge in [-0.25, -0.2) is 4.98 Å². The molecular weight excluding hydrogens is 222 g/mol. The zero-order valence-electron chi connectivity index (χ0n) is 9.24. The molecule has 84 valence electrons. The number of anilines is 1. The van der Waals surface area contributed by atoms with E-state index in [1.165, 1.54) is 24.4 Å². The number of rotatable bonds is 3. The Labute approximate surface area is 97.5 Å². The molecule has 0 saturated heterocycles. The molecular formula is C10H13N5S. The highest BCUT2D eigenvalue weighted by Crippen LogP contribution is 2.39. The molecule has 1 saturated carbocycles. The summed E-state index contributed by atoms with van der Waals surface area (Å²) in [6.45, 7) is 1.99. The van der Waals surface area contributed by atoms with Crippen molar-refractivity contribution in [1.29, 1.82) is 0 Å². The summed E-state index contributed by atoms with van der Waals surface area (Å²) in [5.41, 5.74) is 2.01. The summed E-state index contributed by atoms with van der Waals surface area (Å²) < 4.78 is 4.32. The predicted octanol–water partition coefficient (Wildman–Crippen LogP) is 2.16. The van der Waals surface area contributed by atoms with E-state index in [0.717, 1.165) is 27.9 Å². The van der Waals surface area contributed by atoms with E-state index in [-0.39, 0.29) is 0 Å². The maximum Gasteiger partial charge on any atom is 0.186 e. The molecule has 0 unspecified atom stereocenters. The van der Waals surface area contributed by atoms with Gasteiger partial charge in [0.05, 0.1) is 11.3 Å². The average molecular weight is 235 g/mol. The van der Waals surface area contributed by atoms with Crippen LogP contribution in [0.2, 0.25) is 0 Å². The monoisotopic (exact) mass is 235 g/mol. The maximum atomic E-state index is 4.54. The molecule has 0 amide bonds. The Morgan fingerprint density at radius 1 is 1.44 bits per heavy atom. The largest absolute Gasteiger partial charge is 0.378 e. The zero-order valence-corrected chi connectivity index (χ0v) is 10.1. The van der Waals surface area contributed by atoms with Gasteiger partial charge in [-0.05, 0) is 31.3 Å². The van der Waals surface area contributed by atoms with E-state index in [1.807, 2.05) is 14.0 Å². The summed E-state index contributed by atoms with van der Waals surface area (Å²) in [6, 6.07) is 0. The molecule has 0 radical (unpaired) electrons. The molecule has 2 N–H and O–H groups in total. The first-order valence-corrected chi connectivity index (χ1v) is 6.13. The van der Waals surface area contributed by atoms with Gasteiger partial charge < -0.3 is 5.32 Å². The Bertz CT molecular complexity index is 511. The van der Waals surface area contributed by atoms with Crippen molar-refractivity contribution >= 4 is 16.5 Å². The van der Waals surface area contributed by atoms with Crippen LogP contribution in [0.4, 0.5) is 5.00 Å². The van der Waals surface area contributed by atoms with Gasteiger partial charge in [0, 0.05) is 13.0 Å². The SMILES string of the molecule is CNc1snc(C)c1-c1n[nH]c(C2CC2)n1. The van der Waals surface area contributed by atoms with E-state index < -0.39 is 0 Å². The van der Waals surface area contributed by atoms with E-state index in [0.29, 0.717) is 5.92 Å². The number of nitrogens with one attached hydrogen (secondary N) is 2. The van der Waals surface area contributed by atoms with Crippen LogP contribution in [0.1, 0.15) is 30.3 Å². The van der Waals surface area contributed by atoms with Gasteiger partial charge in [0.2, 0.25) is 0 Å². The Hall–Kier alpha value is -1.43. The van der Waals surface area contributed by atoms with Crippen LogP contribution in [0.5, 0.6) is 0 Å². The van der Waals surface area contributed by atoms with Gasteiger partial charge in [0.15, 0.2) is 5.82 Å². The molecule has 2 aromatic heterocycles. The third-order valence-corrected chi connectivity index (χ3v) is 3.74. The fraction of sp³-hybridized carbons (Fsp3) is 0.500. The molecule has 1 aliphatic carbocycles. The Balaban J connectivity index is 2.02. The second-order valence-electron chi connectivity index (χ2n) is 4.04. The van der Waals surface area contributed by atoms with Gasteiger partial charge in [-0.15, -0.1) is 0 Å². The molecule has 0 atom stereocenters. The van der Waals surface area contributed by atoms with Crippen LogP contribution in [0.15, 0.2) is 0 Å². The molecule has 0 bridgehead atoms. The van der Waals surface area contributed by atoms with Gasteiger partial charge >= 0.3 is 0 Å². The summed E-state index contributed by atoms with van der Waals surface area (Å²) >= 11 is 1.45. The minimum Gasteiger partial charge on any atom is -0.378 e. The minimum atomic E-state index is 0.603. The van der Waals surface area contributed by atoms with Gasteiger partial charge in [-0.3, -0.25) is 5.10 Å². The first-order valence-electron chi connectivity index (χ1n) is 5.36. The molecule has 1 aliphatic rings. The fourth-order valence-electron chi connectivity index (χ4n) is 1.73. The van der Waals surface area contributed by atoms with Crippen LogP contribution >= 0.6 is 11.5 Å². The van der Waals surface area contributed by atoms with Crippen molar-refractivity contribution in [3.63, 3.8) is 0 Å². The first-order chi connectivity index (χ1) is 7.79.